The van der Waals surface area contributed by atoms with Crippen molar-refractivity contribution in [2.45, 2.75) is 26.4 Å². The van der Waals surface area contributed by atoms with Gasteiger partial charge >= 0.3 is 0 Å². The number of carbonyl (C=O) groups is 1. The van der Waals surface area contributed by atoms with Crippen LogP contribution in [0.25, 0.3) is 0 Å². The van der Waals surface area contributed by atoms with E-state index >= 15 is 0 Å². The summed E-state index contributed by atoms with van der Waals surface area (Å²) in [4.78, 5) is 11.6. The molecule has 4 nitrogen and oxygen atoms in total. The summed E-state index contributed by atoms with van der Waals surface area (Å²) in [5, 5.41) is 11.5. The lowest BCUT2D eigenvalue weighted by molar-refractivity contribution is -0.123. The Morgan fingerprint density at radius 2 is 2.24 bits per heavy atom. The minimum Gasteiger partial charge on any atom is -0.351 e. The van der Waals surface area contributed by atoms with Gasteiger partial charge in [0.1, 0.15) is 0 Å². The van der Waals surface area contributed by atoms with Crippen LogP contribution in [0, 0.1) is 17.2 Å². The SMILES string of the molecule is CC(C)[C@@H](N)C(=O)NCc1cccc(C#N)c1. The van der Waals surface area contributed by atoms with Crippen molar-refractivity contribution in [2.75, 3.05) is 0 Å². The summed E-state index contributed by atoms with van der Waals surface area (Å²) in [6.07, 6.45) is 0. The van der Waals surface area contributed by atoms with E-state index < -0.39 is 6.04 Å². The highest BCUT2D eigenvalue weighted by Gasteiger charge is 2.16. The normalized spacial score (nSPS) is 11.9. The van der Waals surface area contributed by atoms with Gasteiger partial charge in [0, 0.05) is 6.54 Å². The van der Waals surface area contributed by atoms with E-state index in [2.05, 4.69) is 11.4 Å². The Bertz CT molecular complexity index is 435. The molecule has 1 rings (SSSR count). The van der Waals surface area contributed by atoms with E-state index in [0.29, 0.717) is 12.1 Å². The zero-order valence-corrected chi connectivity index (χ0v) is 10.1. The third-order valence-corrected chi connectivity index (χ3v) is 2.54. The lowest BCUT2D eigenvalue weighted by Crippen LogP contribution is -2.43. The highest BCUT2D eigenvalue weighted by molar-refractivity contribution is 5.81. The molecule has 0 aromatic heterocycles. The van der Waals surface area contributed by atoms with Crippen LogP contribution in [0.15, 0.2) is 24.3 Å². The van der Waals surface area contributed by atoms with Crippen LogP contribution in [0.3, 0.4) is 0 Å². The first-order valence-corrected chi connectivity index (χ1v) is 5.57. The number of hydrogen-bond donors (Lipinski definition) is 2. The fourth-order valence-electron chi connectivity index (χ4n) is 1.36. The van der Waals surface area contributed by atoms with Crippen LogP contribution in [0.2, 0.25) is 0 Å². The Labute approximate surface area is 101 Å². The van der Waals surface area contributed by atoms with E-state index in [1.54, 1.807) is 18.2 Å². The monoisotopic (exact) mass is 231 g/mol. The molecule has 0 aliphatic carbocycles. The second-order valence-electron chi connectivity index (χ2n) is 4.30. The smallest absolute Gasteiger partial charge is 0.237 e. The third kappa shape index (κ3) is 3.89. The summed E-state index contributed by atoms with van der Waals surface area (Å²) < 4.78 is 0. The number of hydrogen-bond acceptors (Lipinski definition) is 3. The molecule has 1 aromatic rings. The lowest BCUT2D eigenvalue weighted by atomic mass is 10.0. The third-order valence-electron chi connectivity index (χ3n) is 2.54. The Balaban J connectivity index is 2.56. The topological polar surface area (TPSA) is 78.9 Å². The summed E-state index contributed by atoms with van der Waals surface area (Å²) in [7, 11) is 0. The predicted octanol–water partition coefficient (Wildman–Crippen LogP) is 1.16. The lowest BCUT2D eigenvalue weighted by Gasteiger charge is -2.15. The van der Waals surface area contributed by atoms with Gasteiger partial charge in [-0.15, -0.1) is 0 Å². The van der Waals surface area contributed by atoms with Crippen molar-refractivity contribution in [1.82, 2.24) is 5.32 Å². The molecule has 0 fully saturated rings. The zero-order chi connectivity index (χ0) is 12.8. The summed E-state index contributed by atoms with van der Waals surface area (Å²) in [6.45, 7) is 4.20. The molecular formula is C13H17N3O. The maximum atomic E-state index is 11.6. The average molecular weight is 231 g/mol. The van der Waals surface area contributed by atoms with Gasteiger partial charge in [-0.05, 0) is 23.6 Å². The molecule has 0 aliphatic rings. The Morgan fingerprint density at radius 1 is 1.53 bits per heavy atom. The first kappa shape index (κ1) is 13.2. The van der Waals surface area contributed by atoms with Gasteiger partial charge in [-0.25, -0.2) is 0 Å². The number of carbonyl (C=O) groups excluding carboxylic acids is 1. The Hall–Kier alpha value is -1.86. The molecule has 0 aliphatic heterocycles. The number of rotatable bonds is 4. The maximum Gasteiger partial charge on any atom is 0.237 e. The molecule has 4 heteroatoms. The summed E-state index contributed by atoms with van der Waals surface area (Å²) in [6, 6.07) is 8.70. The summed E-state index contributed by atoms with van der Waals surface area (Å²) in [5.74, 6) is -0.0530. The number of nitriles is 1. The molecule has 1 aromatic carbocycles. The molecule has 0 radical (unpaired) electrons. The van der Waals surface area contributed by atoms with E-state index in [0.717, 1.165) is 5.56 Å². The van der Waals surface area contributed by atoms with E-state index in [4.69, 9.17) is 11.0 Å². The van der Waals surface area contributed by atoms with Gasteiger partial charge in [-0.3, -0.25) is 4.79 Å². The number of amides is 1. The van der Waals surface area contributed by atoms with Crippen molar-refractivity contribution >= 4 is 5.91 Å². The van der Waals surface area contributed by atoms with Crippen molar-refractivity contribution in [3.8, 4) is 6.07 Å². The standard InChI is InChI=1S/C13H17N3O/c1-9(2)12(15)13(17)16-8-11-5-3-4-10(6-11)7-14/h3-6,9,12H,8,15H2,1-2H3,(H,16,17)/t12-/m1/s1. The van der Waals surface area contributed by atoms with Crippen molar-refractivity contribution in [3.63, 3.8) is 0 Å². The van der Waals surface area contributed by atoms with Gasteiger partial charge in [0.2, 0.25) is 5.91 Å². The van der Waals surface area contributed by atoms with Crippen molar-refractivity contribution in [2.24, 2.45) is 11.7 Å². The average Bonchev–Trinajstić information content (AvgIpc) is 2.35. The highest BCUT2D eigenvalue weighted by atomic mass is 16.2. The molecule has 0 saturated heterocycles. The van der Waals surface area contributed by atoms with Crippen LogP contribution in [-0.2, 0) is 11.3 Å². The van der Waals surface area contributed by atoms with Gasteiger partial charge in [0.25, 0.3) is 0 Å². The fourth-order valence-corrected chi connectivity index (χ4v) is 1.36. The van der Waals surface area contributed by atoms with Crippen LogP contribution in [-0.4, -0.2) is 11.9 Å². The van der Waals surface area contributed by atoms with Crippen molar-refractivity contribution in [3.05, 3.63) is 35.4 Å². The van der Waals surface area contributed by atoms with Gasteiger partial charge < -0.3 is 11.1 Å². The zero-order valence-electron chi connectivity index (χ0n) is 10.1. The maximum absolute atomic E-state index is 11.6. The number of nitrogens with zero attached hydrogens (tertiary/aromatic N) is 1. The first-order valence-electron chi connectivity index (χ1n) is 5.57. The quantitative estimate of drug-likeness (QED) is 0.816. The first-order chi connectivity index (χ1) is 8.04. The molecule has 3 N–H and O–H groups in total. The van der Waals surface area contributed by atoms with Crippen molar-refractivity contribution < 1.29 is 4.79 Å². The van der Waals surface area contributed by atoms with Crippen LogP contribution < -0.4 is 11.1 Å². The van der Waals surface area contributed by atoms with E-state index in [1.807, 2.05) is 19.9 Å². The molecule has 0 spiro atoms. The molecule has 17 heavy (non-hydrogen) atoms. The van der Waals surface area contributed by atoms with E-state index in [-0.39, 0.29) is 11.8 Å². The number of nitrogens with one attached hydrogen (secondary N) is 1. The molecule has 1 atom stereocenters. The molecule has 0 bridgehead atoms. The van der Waals surface area contributed by atoms with Crippen LogP contribution in [0.5, 0.6) is 0 Å². The highest BCUT2D eigenvalue weighted by Crippen LogP contribution is 2.04. The minimum absolute atomic E-state index is 0.112. The largest absolute Gasteiger partial charge is 0.351 e. The molecule has 90 valence electrons. The second-order valence-corrected chi connectivity index (χ2v) is 4.30. The minimum atomic E-state index is -0.492. The molecule has 0 unspecified atom stereocenters. The molecular weight excluding hydrogens is 214 g/mol. The predicted molar refractivity (Wildman–Crippen MR) is 65.8 cm³/mol. The second kappa shape index (κ2) is 6.02. The van der Waals surface area contributed by atoms with Gasteiger partial charge in [0.15, 0.2) is 0 Å². The van der Waals surface area contributed by atoms with E-state index in [9.17, 15) is 4.79 Å². The van der Waals surface area contributed by atoms with Gasteiger partial charge in [0.05, 0.1) is 17.7 Å². The molecule has 0 heterocycles. The van der Waals surface area contributed by atoms with Crippen LogP contribution in [0.4, 0.5) is 0 Å². The van der Waals surface area contributed by atoms with Crippen LogP contribution in [0.1, 0.15) is 25.0 Å². The van der Waals surface area contributed by atoms with Crippen LogP contribution >= 0.6 is 0 Å². The molecule has 0 saturated carbocycles. The summed E-state index contributed by atoms with van der Waals surface area (Å²) in [5.41, 5.74) is 7.20. The number of benzene rings is 1. The van der Waals surface area contributed by atoms with Gasteiger partial charge in [-0.1, -0.05) is 26.0 Å². The summed E-state index contributed by atoms with van der Waals surface area (Å²) >= 11 is 0. The van der Waals surface area contributed by atoms with E-state index in [1.165, 1.54) is 0 Å². The number of nitrogens with two attached hydrogens (primary N) is 1. The fraction of sp³-hybridized carbons (Fsp3) is 0.385. The molecule has 1 amide bonds. The Kier molecular flexibility index (Phi) is 4.68. The van der Waals surface area contributed by atoms with Crippen molar-refractivity contribution in [1.29, 1.82) is 5.26 Å². The Morgan fingerprint density at radius 3 is 2.82 bits per heavy atom. The van der Waals surface area contributed by atoms with Gasteiger partial charge in [-0.2, -0.15) is 5.26 Å².